The van der Waals surface area contributed by atoms with E-state index >= 15 is 0 Å². The van der Waals surface area contributed by atoms with Gasteiger partial charge >= 0.3 is 5.97 Å². The van der Waals surface area contributed by atoms with Gasteiger partial charge in [0, 0.05) is 37.9 Å². The molecular weight excluding hydrogens is 392 g/mol. The van der Waals surface area contributed by atoms with E-state index in [1.165, 1.54) is 25.6 Å². The van der Waals surface area contributed by atoms with E-state index in [9.17, 15) is 14.7 Å². The smallest absolute Gasteiger partial charge is 0.339 e. The van der Waals surface area contributed by atoms with Crippen LogP contribution in [-0.2, 0) is 9.53 Å². The number of nitrogens with zero attached hydrogens (tertiary/aromatic N) is 4. The first kappa shape index (κ1) is 21.4. The minimum Gasteiger partial charge on any atom is -0.483 e. The molecule has 2 aromatic rings. The van der Waals surface area contributed by atoms with E-state index < -0.39 is 12.1 Å². The Kier molecular flexibility index (Phi) is 6.78. The molecule has 1 saturated carbocycles. The molecule has 0 bridgehead atoms. The molecule has 2 N–H and O–H groups in total. The number of rotatable bonds is 3. The van der Waals surface area contributed by atoms with Crippen molar-refractivity contribution in [2.45, 2.75) is 25.0 Å². The van der Waals surface area contributed by atoms with Gasteiger partial charge in [-0.15, -0.1) is 0 Å². The average molecular weight is 416 g/mol. The lowest BCUT2D eigenvalue weighted by atomic mass is 9.77. The van der Waals surface area contributed by atoms with E-state index in [4.69, 9.17) is 14.6 Å². The van der Waals surface area contributed by atoms with E-state index in [0.29, 0.717) is 31.0 Å². The standard InChI is InChI=1S/C19H22N4O4.CH2O2/c1-27-19(26)13-4-12(7-21-8-13)18(25)23-9-14-5-16(22-3-2-20-11-22)17(24)6-15(14)10-23;2-1-3/h2-4,7-8,11,14-17,24H,5-6,9-10H2,1H3;1H,(H,2,3)/t14-,15+,16-,17-;/m1./s1. The second-order valence-electron chi connectivity index (χ2n) is 7.41. The van der Waals surface area contributed by atoms with Crippen molar-refractivity contribution in [3.05, 3.63) is 48.3 Å². The maximum Gasteiger partial charge on any atom is 0.339 e. The molecule has 0 aromatic carbocycles. The maximum absolute atomic E-state index is 12.9. The van der Waals surface area contributed by atoms with Crippen LogP contribution < -0.4 is 0 Å². The van der Waals surface area contributed by atoms with Gasteiger partial charge in [0.05, 0.1) is 36.7 Å². The van der Waals surface area contributed by atoms with Gasteiger partial charge in [0.2, 0.25) is 0 Å². The summed E-state index contributed by atoms with van der Waals surface area (Å²) in [7, 11) is 1.30. The SMILES string of the molecule is COC(=O)c1cncc(C(=O)N2C[C@H]3C[C@@H](n4ccnc4)[C@H](O)C[C@H]3C2)c1.O=CO. The molecule has 2 fully saturated rings. The Bertz CT molecular complexity index is 887. The van der Waals surface area contributed by atoms with Crippen molar-refractivity contribution < 1.29 is 29.3 Å². The number of carbonyl (C=O) groups excluding carboxylic acids is 2. The fraction of sp³-hybridized carbons (Fsp3) is 0.450. The highest BCUT2D eigenvalue weighted by atomic mass is 16.5. The third-order valence-corrected chi connectivity index (χ3v) is 5.71. The summed E-state index contributed by atoms with van der Waals surface area (Å²) in [5.41, 5.74) is 0.638. The number of pyridine rings is 1. The third kappa shape index (κ3) is 4.48. The van der Waals surface area contributed by atoms with E-state index in [0.717, 1.165) is 6.42 Å². The summed E-state index contributed by atoms with van der Waals surface area (Å²) in [6.07, 6.45) is 9.21. The van der Waals surface area contributed by atoms with Crippen molar-refractivity contribution in [2.75, 3.05) is 20.2 Å². The number of amides is 1. The van der Waals surface area contributed by atoms with Crippen molar-refractivity contribution in [3.8, 4) is 0 Å². The van der Waals surface area contributed by atoms with E-state index in [1.807, 2.05) is 10.8 Å². The van der Waals surface area contributed by atoms with Gasteiger partial charge in [-0.3, -0.25) is 14.6 Å². The Morgan fingerprint density at radius 1 is 1.17 bits per heavy atom. The van der Waals surface area contributed by atoms with Crippen LogP contribution in [0.3, 0.4) is 0 Å². The molecule has 3 heterocycles. The van der Waals surface area contributed by atoms with Crippen LogP contribution in [0.2, 0.25) is 0 Å². The van der Waals surface area contributed by atoms with Crippen LogP contribution in [0.25, 0.3) is 0 Å². The van der Waals surface area contributed by atoms with Crippen LogP contribution in [0.15, 0.2) is 37.2 Å². The molecule has 160 valence electrons. The van der Waals surface area contributed by atoms with E-state index in [-0.39, 0.29) is 29.9 Å². The molecule has 1 saturated heterocycles. The van der Waals surface area contributed by atoms with Crippen molar-refractivity contribution in [2.24, 2.45) is 11.8 Å². The Balaban J connectivity index is 0.000000806. The Hall–Kier alpha value is -3.27. The third-order valence-electron chi connectivity index (χ3n) is 5.71. The number of carbonyl (C=O) groups is 3. The number of aliphatic hydroxyl groups excluding tert-OH is 1. The molecule has 1 aliphatic heterocycles. The minimum absolute atomic E-state index is 0.00637. The number of carboxylic acid groups (broad SMARTS) is 1. The summed E-state index contributed by atoms with van der Waals surface area (Å²) >= 11 is 0. The fourth-order valence-electron chi connectivity index (χ4n) is 4.33. The Labute approximate surface area is 173 Å². The number of aliphatic hydroxyl groups is 1. The second kappa shape index (κ2) is 9.49. The molecule has 30 heavy (non-hydrogen) atoms. The molecule has 10 heteroatoms. The zero-order chi connectivity index (χ0) is 21.7. The van der Waals surface area contributed by atoms with Gasteiger partial charge in [0.1, 0.15) is 0 Å². The van der Waals surface area contributed by atoms with Crippen molar-refractivity contribution in [1.29, 1.82) is 0 Å². The number of aromatic nitrogens is 3. The predicted octanol–water partition coefficient (Wildman–Crippen LogP) is 0.850. The molecular formula is C20H24N4O6. The van der Waals surface area contributed by atoms with E-state index in [2.05, 4.69) is 9.97 Å². The van der Waals surface area contributed by atoms with Crippen molar-refractivity contribution in [3.63, 3.8) is 0 Å². The molecule has 1 aliphatic carbocycles. The van der Waals surface area contributed by atoms with Gasteiger partial charge < -0.3 is 24.4 Å². The number of hydrogen-bond acceptors (Lipinski definition) is 7. The molecule has 10 nitrogen and oxygen atoms in total. The van der Waals surface area contributed by atoms with Crippen molar-refractivity contribution in [1.82, 2.24) is 19.4 Å². The first-order valence-electron chi connectivity index (χ1n) is 9.54. The van der Waals surface area contributed by atoms with Crippen LogP contribution in [0.4, 0.5) is 0 Å². The van der Waals surface area contributed by atoms with E-state index in [1.54, 1.807) is 17.4 Å². The van der Waals surface area contributed by atoms with Crippen LogP contribution >= 0.6 is 0 Å². The number of imidazole rings is 1. The lowest BCUT2D eigenvalue weighted by molar-refractivity contribution is -0.122. The molecule has 0 radical (unpaired) electrons. The monoisotopic (exact) mass is 416 g/mol. The highest BCUT2D eigenvalue weighted by Crippen LogP contribution is 2.41. The average Bonchev–Trinajstić information content (AvgIpc) is 3.42. The molecule has 4 atom stereocenters. The van der Waals surface area contributed by atoms with Crippen LogP contribution in [-0.4, -0.2) is 74.3 Å². The fourth-order valence-corrected chi connectivity index (χ4v) is 4.33. The number of ether oxygens (including phenoxy) is 1. The van der Waals surface area contributed by atoms with Gasteiger partial charge in [-0.2, -0.15) is 0 Å². The second-order valence-corrected chi connectivity index (χ2v) is 7.41. The summed E-state index contributed by atoms with van der Waals surface area (Å²) in [5, 5.41) is 17.4. The normalized spacial score (nSPS) is 24.9. The van der Waals surface area contributed by atoms with Gasteiger partial charge in [-0.25, -0.2) is 9.78 Å². The summed E-state index contributed by atoms with van der Waals surface area (Å²) in [5.74, 6) is -0.0446. The maximum atomic E-state index is 12.9. The topological polar surface area (TPSA) is 135 Å². The lowest BCUT2D eigenvalue weighted by Gasteiger charge is -2.35. The molecule has 1 amide bonds. The first-order valence-corrected chi connectivity index (χ1v) is 9.54. The summed E-state index contributed by atoms with van der Waals surface area (Å²) in [4.78, 5) is 42.8. The van der Waals surface area contributed by atoms with Crippen LogP contribution in [0, 0.1) is 11.8 Å². The minimum atomic E-state index is -0.515. The highest BCUT2D eigenvalue weighted by Gasteiger charge is 2.43. The van der Waals surface area contributed by atoms with Gasteiger partial charge in [0.15, 0.2) is 0 Å². The summed E-state index contributed by atoms with van der Waals surface area (Å²) in [6.45, 7) is 1.00. The number of hydrogen-bond donors (Lipinski definition) is 2. The Morgan fingerprint density at radius 2 is 1.83 bits per heavy atom. The number of methoxy groups -OCH3 is 1. The molecule has 0 unspecified atom stereocenters. The van der Waals surface area contributed by atoms with Crippen molar-refractivity contribution >= 4 is 18.3 Å². The predicted molar refractivity (Wildman–Crippen MR) is 104 cm³/mol. The first-order chi connectivity index (χ1) is 14.5. The van der Waals surface area contributed by atoms with Crippen LogP contribution in [0.1, 0.15) is 39.6 Å². The number of likely N-dealkylation sites (tertiary alicyclic amines) is 1. The Morgan fingerprint density at radius 3 is 2.47 bits per heavy atom. The van der Waals surface area contributed by atoms with Crippen LogP contribution in [0.5, 0.6) is 0 Å². The zero-order valence-corrected chi connectivity index (χ0v) is 16.5. The van der Waals surface area contributed by atoms with Gasteiger partial charge in [-0.1, -0.05) is 0 Å². The number of fused-ring (bicyclic) bond motifs is 1. The quantitative estimate of drug-likeness (QED) is 0.555. The largest absolute Gasteiger partial charge is 0.483 e. The lowest BCUT2D eigenvalue weighted by Crippen LogP contribution is -2.35. The molecule has 4 rings (SSSR count). The number of esters is 1. The zero-order valence-electron chi connectivity index (χ0n) is 16.5. The molecule has 2 aromatic heterocycles. The summed E-state index contributed by atoms with van der Waals surface area (Å²) in [6, 6.07) is 1.51. The summed E-state index contributed by atoms with van der Waals surface area (Å²) < 4.78 is 6.65. The molecule has 2 aliphatic rings. The molecule has 0 spiro atoms. The van der Waals surface area contributed by atoms with Gasteiger partial charge in [-0.05, 0) is 30.7 Å². The van der Waals surface area contributed by atoms with Gasteiger partial charge in [0.25, 0.3) is 12.4 Å². The highest BCUT2D eigenvalue weighted by molar-refractivity contribution is 5.97.